The summed E-state index contributed by atoms with van der Waals surface area (Å²) in [5.41, 5.74) is 0.929. The van der Waals surface area contributed by atoms with Crippen molar-refractivity contribution >= 4 is 11.8 Å². The molecule has 2 saturated heterocycles. The number of benzene rings is 2. The van der Waals surface area contributed by atoms with Gasteiger partial charge in [-0.25, -0.2) is 8.78 Å². The number of hydrogen-bond donors (Lipinski definition) is 3. The number of ether oxygens (including phenoxy) is 2. The van der Waals surface area contributed by atoms with Crippen LogP contribution in [0.3, 0.4) is 0 Å². The average molecular weight is 516 g/mol. The fourth-order valence-electron chi connectivity index (χ4n) is 5.36. The Balaban J connectivity index is 1.45. The Hall–Kier alpha value is -3.08. The maximum atomic E-state index is 14.5. The van der Waals surface area contributed by atoms with E-state index in [0.717, 1.165) is 6.07 Å². The van der Waals surface area contributed by atoms with Crippen LogP contribution in [0.2, 0.25) is 0 Å². The molecule has 4 bridgehead atoms. The van der Waals surface area contributed by atoms with Gasteiger partial charge in [-0.3, -0.25) is 14.5 Å². The van der Waals surface area contributed by atoms with Gasteiger partial charge in [0.25, 0.3) is 5.91 Å². The van der Waals surface area contributed by atoms with Crippen molar-refractivity contribution in [1.82, 2.24) is 15.5 Å². The first-order valence-electron chi connectivity index (χ1n) is 12.6. The van der Waals surface area contributed by atoms with E-state index in [1.54, 1.807) is 18.2 Å². The van der Waals surface area contributed by atoms with E-state index in [0.29, 0.717) is 37.8 Å². The number of likely N-dealkylation sites (tertiary alicyclic amines) is 1. The fourth-order valence-corrected chi connectivity index (χ4v) is 5.36. The van der Waals surface area contributed by atoms with E-state index < -0.39 is 29.9 Å². The third-order valence-corrected chi connectivity index (χ3v) is 7.41. The highest BCUT2D eigenvalue weighted by Gasteiger charge is 2.37. The Labute approximate surface area is 213 Å². The normalized spacial score (nSPS) is 29.1. The van der Waals surface area contributed by atoms with Gasteiger partial charge in [-0.2, -0.15) is 0 Å². The van der Waals surface area contributed by atoms with Crippen molar-refractivity contribution in [2.75, 3.05) is 26.7 Å². The third-order valence-electron chi connectivity index (χ3n) is 7.41. The van der Waals surface area contributed by atoms with Gasteiger partial charge in [0, 0.05) is 37.2 Å². The van der Waals surface area contributed by atoms with Crippen LogP contribution in [0.25, 0.3) is 11.1 Å². The molecule has 198 valence electrons. The van der Waals surface area contributed by atoms with E-state index in [-0.39, 0.29) is 54.0 Å². The van der Waals surface area contributed by atoms with Crippen molar-refractivity contribution < 1.29 is 33.0 Å². The van der Waals surface area contributed by atoms with Gasteiger partial charge in [-0.05, 0) is 56.1 Å². The summed E-state index contributed by atoms with van der Waals surface area (Å²) in [4.78, 5) is 28.0. The van der Waals surface area contributed by atoms with Crippen LogP contribution in [0.15, 0.2) is 36.4 Å². The van der Waals surface area contributed by atoms with Crippen molar-refractivity contribution in [2.45, 2.75) is 56.1 Å². The molecule has 0 aromatic heterocycles. The van der Waals surface area contributed by atoms with E-state index in [1.807, 2.05) is 11.9 Å². The van der Waals surface area contributed by atoms with Gasteiger partial charge in [-0.15, -0.1) is 0 Å². The molecule has 5 atom stereocenters. The minimum atomic E-state index is -0.712. The molecule has 3 aliphatic rings. The smallest absolute Gasteiger partial charge is 0.255 e. The van der Waals surface area contributed by atoms with Crippen LogP contribution in [-0.2, 0) is 9.53 Å². The number of amides is 2. The number of fused-ring (bicyclic) bond motifs is 5. The number of rotatable bonds is 1. The minimum absolute atomic E-state index is 0.168. The zero-order valence-electron chi connectivity index (χ0n) is 20.6. The molecule has 3 N–H and O–H groups in total. The van der Waals surface area contributed by atoms with E-state index in [1.165, 1.54) is 12.1 Å². The maximum absolute atomic E-state index is 14.5. The Bertz CT molecular complexity index is 1180. The lowest BCUT2D eigenvalue weighted by Gasteiger charge is -2.34. The van der Waals surface area contributed by atoms with Crippen molar-refractivity contribution in [3.63, 3.8) is 0 Å². The molecule has 0 aliphatic carbocycles. The summed E-state index contributed by atoms with van der Waals surface area (Å²) < 4.78 is 40.0. The summed E-state index contributed by atoms with van der Waals surface area (Å²) in [6, 6.07) is 7.41. The summed E-state index contributed by atoms with van der Waals surface area (Å²) in [5.74, 6) is -1.63. The number of carbonyl (C=O) groups is 2. The molecular weight excluding hydrogens is 484 g/mol. The van der Waals surface area contributed by atoms with Gasteiger partial charge >= 0.3 is 0 Å². The van der Waals surface area contributed by atoms with Gasteiger partial charge in [-0.1, -0.05) is 6.07 Å². The second-order valence-corrected chi connectivity index (χ2v) is 10.0. The maximum Gasteiger partial charge on any atom is 0.255 e. The van der Waals surface area contributed by atoms with Crippen molar-refractivity contribution in [2.24, 2.45) is 0 Å². The average Bonchev–Trinajstić information content (AvgIpc) is 3.23. The quantitative estimate of drug-likeness (QED) is 0.539. The standard InChI is InChI=1S/C27H31F2N3O5/c1-32-14-17-12-22(32)27(35)30-13-25-23(33)7-4-18(37-25)8-9-36-24-10-15(2-5-20(24)26(34)31-17)19-6-3-16(28)11-21(19)29/h2-3,5-6,10-11,17-18,22-23,25,33H,4,7-9,12-14H2,1H3,(H,30,35)(H,31,34)/t17-,18-,22-,23-,25+/m0/s1. The lowest BCUT2D eigenvalue weighted by molar-refractivity contribution is -0.133. The van der Waals surface area contributed by atoms with Gasteiger partial charge < -0.3 is 25.2 Å². The van der Waals surface area contributed by atoms with Crippen LogP contribution in [0.5, 0.6) is 5.75 Å². The number of likely N-dealkylation sites (N-methyl/N-ethyl adjacent to an activating group) is 1. The third kappa shape index (κ3) is 5.61. The highest BCUT2D eigenvalue weighted by Crippen LogP contribution is 2.31. The summed E-state index contributed by atoms with van der Waals surface area (Å²) in [7, 11) is 1.83. The molecule has 0 spiro atoms. The van der Waals surface area contributed by atoms with Crippen molar-refractivity contribution in [1.29, 1.82) is 0 Å². The minimum Gasteiger partial charge on any atom is -0.493 e. The molecule has 2 aromatic rings. The Morgan fingerprint density at radius 2 is 1.86 bits per heavy atom. The molecule has 37 heavy (non-hydrogen) atoms. The van der Waals surface area contributed by atoms with E-state index in [2.05, 4.69) is 10.6 Å². The molecule has 0 radical (unpaired) electrons. The molecule has 0 saturated carbocycles. The molecule has 2 fully saturated rings. The number of nitrogens with zero attached hydrogens (tertiary/aromatic N) is 1. The molecule has 2 amide bonds. The fraction of sp³-hybridized carbons (Fsp3) is 0.481. The molecule has 2 aromatic carbocycles. The molecule has 8 nitrogen and oxygen atoms in total. The molecule has 10 heteroatoms. The lowest BCUT2D eigenvalue weighted by Crippen LogP contribution is -2.49. The van der Waals surface area contributed by atoms with Crippen molar-refractivity contribution in [3.8, 4) is 16.9 Å². The van der Waals surface area contributed by atoms with Crippen LogP contribution >= 0.6 is 0 Å². The van der Waals surface area contributed by atoms with Crippen LogP contribution in [-0.4, -0.2) is 79.0 Å². The Kier molecular flexibility index (Phi) is 7.41. The van der Waals surface area contributed by atoms with E-state index in [9.17, 15) is 23.5 Å². The van der Waals surface area contributed by atoms with E-state index >= 15 is 0 Å². The van der Waals surface area contributed by atoms with Crippen molar-refractivity contribution in [3.05, 3.63) is 53.6 Å². The first kappa shape index (κ1) is 25.6. The largest absolute Gasteiger partial charge is 0.493 e. The summed E-state index contributed by atoms with van der Waals surface area (Å²) >= 11 is 0. The summed E-state index contributed by atoms with van der Waals surface area (Å²) in [6.45, 7) is 0.918. The number of aliphatic hydroxyl groups is 1. The first-order chi connectivity index (χ1) is 17.8. The summed E-state index contributed by atoms with van der Waals surface area (Å²) in [6.07, 6.45) is 0.740. The predicted molar refractivity (Wildman–Crippen MR) is 131 cm³/mol. The second kappa shape index (κ2) is 10.7. The highest BCUT2D eigenvalue weighted by atomic mass is 19.1. The highest BCUT2D eigenvalue weighted by molar-refractivity contribution is 5.98. The Morgan fingerprint density at radius 3 is 2.68 bits per heavy atom. The number of halogens is 2. The molecule has 3 aliphatic heterocycles. The zero-order valence-corrected chi connectivity index (χ0v) is 20.6. The number of aliphatic hydroxyl groups excluding tert-OH is 1. The van der Waals surface area contributed by atoms with Crippen LogP contribution in [0.1, 0.15) is 36.0 Å². The van der Waals surface area contributed by atoms with Crippen LogP contribution in [0, 0.1) is 11.6 Å². The lowest BCUT2D eigenvalue weighted by atomic mass is 9.99. The van der Waals surface area contributed by atoms with E-state index in [4.69, 9.17) is 9.47 Å². The molecule has 3 heterocycles. The molecule has 0 unspecified atom stereocenters. The van der Waals surface area contributed by atoms with Crippen LogP contribution < -0.4 is 15.4 Å². The topological polar surface area (TPSA) is 100 Å². The van der Waals surface area contributed by atoms with Crippen LogP contribution in [0.4, 0.5) is 8.78 Å². The van der Waals surface area contributed by atoms with Gasteiger partial charge in [0.1, 0.15) is 23.5 Å². The van der Waals surface area contributed by atoms with Gasteiger partial charge in [0.2, 0.25) is 5.91 Å². The Morgan fingerprint density at radius 1 is 1.05 bits per heavy atom. The number of carbonyl (C=O) groups excluding carboxylic acids is 2. The zero-order chi connectivity index (χ0) is 26.1. The number of nitrogens with one attached hydrogen (secondary N) is 2. The first-order valence-corrected chi connectivity index (χ1v) is 12.6. The van der Waals surface area contributed by atoms with Gasteiger partial charge in [0.05, 0.1) is 30.4 Å². The predicted octanol–water partition coefficient (Wildman–Crippen LogP) is 2.24. The molecule has 5 rings (SSSR count). The monoisotopic (exact) mass is 515 g/mol. The number of hydrogen-bond acceptors (Lipinski definition) is 6. The molecular formula is C27H31F2N3O5. The van der Waals surface area contributed by atoms with Gasteiger partial charge in [0.15, 0.2) is 0 Å². The summed E-state index contributed by atoms with van der Waals surface area (Å²) in [5, 5.41) is 16.3. The SMILES string of the molecule is CN1C[C@@H]2C[C@H]1C(=O)NC[C@H]1O[C@H](CCOc3cc(-c4ccc(F)cc4F)ccc3C(=O)N2)CC[C@@H]1O. The second-order valence-electron chi connectivity index (χ2n) is 10.0.